The Labute approximate surface area is 171 Å². The molecule has 0 spiro atoms. The van der Waals surface area contributed by atoms with Crippen LogP contribution in [0.4, 0.5) is 0 Å². The number of unbranched alkanes of at least 4 members (excludes halogenated alkanes) is 3. The maximum Gasteiger partial charge on any atom is 0.469 e. The average Bonchev–Trinajstić information content (AvgIpc) is 2.99. The van der Waals surface area contributed by atoms with Crippen molar-refractivity contribution in [1.29, 1.82) is 0 Å². The third-order valence-corrected chi connectivity index (χ3v) is 5.53. The highest BCUT2D eigenvalue weighted by molar-refractivity contribution is 7.46. The lowest BCUT2D eigenvalue weighted by Crippen LogP contribution is -2.21. The molecule has 0 saturated carbocycles. The van der Waals surface area contributed by atoms with Crippen molar-refractivity contribution in [2.24, 2.45) is 0 Å². The van der Waals surface area contributed by atoms with E-state index in [-0.39, 0.29) is 29.4 Å². The van der Waals surface area contributed by atoms with E-state index in [2.05, 4.69) is 14.5 Å². The summed E-state index contributed by atoms with van der Waals surface area (Å²) in [7, 11) is -4.39. The fraction of sp³-hybridized carbons (Fsp3) is 0.300. The number of pyridine rings is 1. The van der Waals surface area contributed by atoms with Gasteiger partial charge in [-0.15, -0.1) is 0 Å². The second-order valence-corrected chi connectivity index (χ2v) is 8.36. The summed E-state index contributed by atoms with van der Waals surface area (Å²) in [5.41, 5.74) is 1.94. The summed E-state index contributed by atoms with van der Waals surface area (Å²) in [5.74, 6) is -0.200. The van der Waals surface area contributed by atoms with Gasteiger partial charge in [0.1, 0.15) is 0 Å². The first-order valence-corrected chi connectivity index (χ1v) is 11.1. The van der Waals surface area contributed by atoms with E-state index in [1.54, 1.807) is 24.3 Å². The second-order valence-electron chi connectivity index (χ2n) is 7.12. The largest absolute Gasteiger partial charge is 0.469 e. The quantitative estimate of drug-likeness (QED) is 0.323. The number of carbonyl (C=O) groups excluding carboxylic acids is 1. The zero-order chi connectivity index (χ0) is 21.3. The lowest BCUT2D eigenvalue weighted by Gasteiger charge is -2.07. The van der Waals surface area contributed by atoms with Crippen molar-refractivity contribution in [3.8, 4) is 5.69 Å². The Kier molecular flexibility index (Phi) is 5.62. The average molecular weight is 429 g/mol. The van der Waals surface area contributed by atoms with Gasteiger partial charge in [-0.1, -0.05) is 18.9 Å². The number of nitrogens with zero attached hydrogens (tertiary/aromatic N) is 3. The Balaban J connectivity index is 1.44. The van der Waals surface area contributed by atoms with Crippen LogP contribution in [-0.4, -0.2) is 36.7 Å². The second kappa shape index (κ2) is 8.20. The van der Waals surface area contributed by atoms with Crippen LogP contribution in [-0.2, 0) is 15.5 Å². The maximum atomic E-state index is 12.8. The minimum absolute atomic E-state index is 0.0286. The zero-order valence-electron chi connectivity index (χ0n) is 16.0. The SMILES string of the molecule is O=C1c2cc(CCCCCCOP(=O)(O)O)ccc2-n2c1nc1ncccc1c2=O. The first-order valence-electron chi connectivity index (χ1n) is 9.61. The van der Waals surface area contributed by atoms with Gasteiger partial charge in [0.2, 0.25) is 5.78 Å². The summed E-state index contributed by atoms with van der Waals surface area (Å²) in [6, 6.07) is 8.79. The molecule has 4 rings (SSSR count). The lowest BCUT2D eigenvalue weighted by atomic mass is 10.0. The van der Waals surface area contributed by atoms with E-state index in [0.29, 0.717) is 23.1 Å². The predicted molar refractivity (Wildman–Crippen MR) is 109 cm³/mol. The number of benzene rings is 1. The fourth-order valence-electron chi connectivity index (χ4n) is 3.60. The molecule has 1 aliphatic rings. The van der Waals surface area contributed by atoms with Crippen molar-refractivity contribution >= 4 is 24.6 Å². The van der Waals surface area contributed by atoms with Crippen molar-refractivity contribution in [3.63, 3.8) is 0 Å². The number of hydrogen-bond acceptors (Lipinski definition) is 6. The number of fused-ring (bicyclic) bond motifs is 4. The van der Waals surface area contributed by atoms with Gasteiger partial charge in [-0.2, -0.15) is 0 Å². The first kappa shape index (κ1) is 20.6. The Morgan fingerprint density at radius 1 is 1.07 bits per heavy atom. The molecule has 3 heterocycles. The zero-order valence-corrected chi connectivity index (χ0v) is 16.9. The molecule has 2 aromatic heterocycles. The van der Waals surface area contributed by atoms with Crippen molar-refractivity contribution in [2.45, 2.75) is 32.1 Å². The molecular weight excluding hydrogens is 409 g/mol. The van der Waals surface area contributed by atoms with Gasteiger partial charge < -0.3 is 9.79 Å². The van der Waals surface area contributed by atoms with Crippen LogP contribution in [0.15, 0.2) is 41.3 Å². The predicted octanol–water partition coefficient (Wildman–Crippen LogP) is 2.54. The summed E-state index contributed by atoms with van der Waals surface area (Å²) >= 11 is 0. The van der Waals surface area contributed by atoms with Crippen molar-refractivity contribution in [1.82, 2.24) is 14.5 Å². The molecule has 1 aromatic carbocycles. The smallest absolute Gasteiger partial charge is 0.303 e. The molecule has 10 heteroatoms. The molecular formula is C20H20N3O6P. The Bertz CT molecular complexity index is 1230. The molecule has 30 heavy (non-hydrogen) atoms. The topological polar surface area (TPSA) is 132 Å². The Hall–Kier alpha value is -2.71. The van der Waals surface area contributed by atoms with Gasteiger partial charge >= 0.3 is 7.82 Å². The fourth-order valence-corrected chi connectivity index (χ4v) is 3.97. The van der Waals surface area contributed by atoms with Gasteiger partial charge in [0.25, 0.3) is 5.56 Å². The molecule has 0 amide bonds. The van der Waals surface area contributed by atoms with Crippen molar-refractivity contribution in [2.75, 3.05) is 6.61 Å². The molecule has 0 atom stereocenters. The minimum Gasteiger partial charge on any atom is -0.303 e. The van der Waals surface area contributed by atoms with Gasteiger partial charge in [-0.25, -0.2) is 14.5 Å². The summed E-state index contributed by atoms with van der Waals surface area (Å²) in [6.45, 7) is 0.0286. The van der Waals surface area contributed by atoms with Gasteiger partial charge in [0, 0.05) is 6.20 Å². The maximum absolute atomic E-state index is 12.8. The number of aryl methyl sites for hydroxylation is 1. The number of carbonyl (C=O) groups is 1. The van der Waals surface area contributed by atoms with E-state index in [0.717, 1.165) is 31.2 Å². The highest BCUT2D eigenvalue weighted by Gasteiger charge is 2.30. The molecule has 0 saturated heterocycles. The van der Waals surface area contributed by atoms with Crippen LogP contribution in [0.1, 0.15) is 47.4 Å². The normalized spacial score (nSPS) is 12.9. The monoisotopic (exact) mass is 429 g/mol. The van der Waals surface area contributed by atoms with E-state index in [9.17, 15) is 14.2 Å². The third-order valence-electron chi connectivity index (χ3n) is 5.01. The van der Waals surface area contributed by atoms with Gasteiger partial charge in [-0.3, -0.25) is 18.7 Å². The number of hydrogen-bond donors (Lipinski definition) is 2. The highest BCUT2D eigenvalue weighted by Crippen LogP contribution is 2.35. The van der Waals surface area contributed by atoms with E-state index >= 15 is 0 Å². The van der Waals surface area contributed by atoms with Crippen LogP contribution < -0.4 is 5.56 Å². The summed E-state index contributed by atoms with van der Waals surface area (Å²) in [4.78, 5) is 51.3. The standard InChI is InChI=1S/C20H20N3O6P/c24-17-15-12-13(6-3-1-2-4-11-29-30(26,27)28)8-9-16(15)23-19(17)22-18-14(20(23)25)7-5-10-21-18/h5,7-10,12H,1-4,6,11H2,(H2,26,27,28). The van der Waals surface area contributed by atoms with Crippen molar-refractivity contribution < 1.29 is 23.7 Å². The van der Waals surface area contributed by atoms with Crippen LogP contribution in [0.25, 0.3) is 16.7 Å². The highest BCUT2D eigenvalue weighted by atomic mass is 31.2. The minimum atomic E-state index is -4.39. The van der Waals surface area contributed by atoms with E-state index < -0.39 is 7.82 Å². The molecule has 0 fully saturated rings. The van der Waals surface area contributed by atoms with E-state index in [1.165, 1.54) is 10.8 Å². The summed E-state index contributed by atoms with van der Waals surface area (Å²) in [5, 5.41) is 0.369. The number of aromatic nitrogens is 3. The molecule has 2 N–H and O–H groups in total. The molecule has 156 valence electrons. The van der Waals surface area contributed by atoms with E-state index in [1.807, 2.05) is 6.07 Å². The van der Waals surface area contributed by atoms with Gasteiger partial charge in [-0.05, 0) is 49.1 Å². The number of phosphoric acid groups is 1. The third kappa shape index (κ3) is 4.11. The van der Waals surface area contributed by atoms with Gasteiger partial charge in [0.15, 0.2) is 11.5 Å². The first-order chi connectivity index (χ1) is 14.3. The molecule has 1 aliphatic heterocycles. The molecule has 0 aliphatic carbocycles. The van der Waals surface area contributed by atoms with Crippen LogP contribution in [0.5, 0.6) is 0 Å². The van der Waals surface area contributed by atoms with Crippen molar-refractivity contribution in [3.05, 3.63) is 63.8 Å². The summed E-state index contributed by atoms with van der Waals surface area (Å²) < 4.78 is 16.4. The summed E-state index contributed by atoms with van der Waals surface area (Å²) in [6.07, 6.45) is 5.38. The Morgan fingerprint density at radius 3 is 2.67 bits per heavy atom. The van der Waals surface area contributed by atoms with Crippen LogP contribution in [0.2, 0.25) is 0 Å². The molecule has 0 radical (unpaired) electrons. The van der Waals surface area contributed by atoms with Crippen LogP contribution >= 0.6 is 7.82 Å². The molecule has 0 unspecified atom stereocenters. The molecule has 9 nitrogen and oxygen atoms in total. The Morgan fingerprint density at radius 2 is 1.87 bits per heavy atom. The van der Waals surface area contributed by atoms with Crippen LogP contribution in [0.3, 0.4) is 0 Å². The lowest BCUT2D eigenvalue weighted by molar-refractivity contribution is 0.103. The van der Waals surface area contributed by atoms with E-state index in [4.69, 9.17) is 9.79 Å². The number of phosphoric ester groups is 1. The van der Waals surface area contributed by atoms with Crippen LogP contribution in [0, 0.1) is 0 Å². The molecule has 3 aromatic rings. The number of rotatable bonds is 8. The number of ketones is 1. The van der Waals surface area contributed by atoms with Gasteiger partial charge in [0.05, 0.1) is 23.2 Å². The molecule has 0 bridgehead atoms.